The highest BCUT2D eigenvalue weighted by Gasteiger charge is 2.24. The lowest BCUT2D eigenvalue weighted by Crippen LogP contribution is -2.50. The molecule has 0 aliphatic carbocycles. The number of thioether (sulfide) groups is 1. The Morgan fingerprint density at radius 2 is 1.90 bits per heavy atom. The highest BCUT2D eigenvalue weighted by molar-refractivity contribution is 7.99. The van der Waals surface area contributed by atoms with Crippen molar-refractivity contribution in [1.29, 1.82) is 0 Å². The molecule has 0 aromatic heterocycles. The van der Waals surface area contributed by atoms with Crippen molar-refractivity contribution in [2.75, 3.05) is 31.1 Å². The zero-order valence-electron chi connectivity index (χ0n) is 11.1. The third-order valence-corrected chi connectivity index (χ3v) is 4.13. The number of benzene rings is 1. The molecule has 1 aromatic carbocycles. The van der Waals surface area contributed by atoms with Crippen LogP contribution in [-0.2, 0) is 4.79 Å². The van der Waals surface area contributed by atoms with E-state index in [1.165, 1.54) is 0 Å². The van der Waals surface area contributed by atoms with E-state index in [1.807, 2.05) is 17.8 Å². The molecule has 1 heterocycles. The smallest absolute Gasteiger partial charge is 0.327 e. The van der Waals surface area contributed by atoms with Crippen LogP contribution in [0.2, 0.25) is 0 Å². The lowest BCUT2D eigenvalue weighted by molar-refractivity contribution is -0.139. The molecule has 6 heteroatoms. The van der Waals surface area contributed by atoms with Gasteiger partial charge in [0.25, 0.3) is 5.91 Å². The quantitative estimate of drug-likeness (QED) is 0.845. The second-order valence-electron chi connectivity index (χ2n) is 4.64. The number of aliphatic carboxylic acids is 1. The normalized spacial score (nSPS) is 17.4. The molecular formula is C14H18N2O3S. The predicted octanol–water partition coefficient (Wildman–Crippen LogP) is 0.918. The lowest BCUT2D eigenvalue weighted by Gasteiger charge is -2.28. The molecule has 0 spiro atoms. The summed E-state index contributed by atoms with van der Waals surface area (Å²) in [4.78, 5) is 25.4. The van der Waals surface area contributed by atoms with E-state index in [0.29, 0.717) is 12.1 Å². The minimum atomic E-state index is -0.993. The highest BCUT2D eigenvalue weighted by Crippen LogP contribution is 2.09. The SMILES string of the molecule is O=C(N[C@H](CN1CCSCC1)C(=O)O)c1ccccc1. The van der Waals surface area contributed by atoms with Crippen LogP contribution in [0.25, 0.3) is 0 Å². The van der Waals surface area contributed by atoms with Crippen LogP contribution in [0, 0.1) is 0 Å². The van der Waals surface area contributed by atoms with E-state index in [9.17, 15) is 14.7 Å². The van der Waals surface area contributed by atoms with Gasteiger partial charge in [-0.1, -0.05) is 18.2 Å². The lowest BCUT2D eigenvalue weighted by atomic mass is 10.2. The Morgan fingerprint density at radius 1 is 1.25 bits per heavy atom. The number of carboxylic acid groups (broad SMARTS) is 1. The van der Waals surface area contributed by atoms with Gasteiger partial charge in [-0.15, -0.1) is 0 Å². The Bertz CT molecular complexity index is 461. The number of hydrogen-bond donors (Lipinski definition) is 2. The Labute approximate surface area is 122 Å². The maximum absolute atomic E-state index is 12.0. The summed E-state index contributed by atoms with van der Waals surface area (Å²) in [5.41, 5.74) is 0.480. The van der Waals surface area contributed by atoms with Crippen LogP contribution in [-0.4, -0.2) is 59.1 Å². The first-order valence-corrected chi connectivity index (χ1v) is 7.71. The summed E-state index contributed by atoms with van der Waals surface area (Å²) in [6.07, 6.45) is 0. The molecule has 1 atom stereocenters. The molecule has 108 valence electrons. The fraction of sp³-hybridized carbons (Fsp3) is 0.429. The molecule has 2 rings (SSSR count). The summed E-state index contributed by atoms with van der Waals surface area (Å²) < 4.78 is 0. The van der Waals surface area contributed by atoms with Crippen molar-refractivity contribution in [3.05, 3.63) is 35.9 Å². The zero-order valence-corrected chi connectivity index (χ0v) is 11.9. The number of rotatable bonds is 5. The van der Waals surface area contributed by atoms with Gasteiger partial charge in [-0.3, -0.25) is 9.69 Å². The second kappa shape index (κ2) is 7.31. The Balaban J connectivity index is 1.95. The molecule has 1 amide bonds. The number of amides is 1. The zero-order chi connectivity index (χ0) is 14.4. The molecule has 1 saturated heterocycles. The topological polar surface area (TPSA) is 69.6 Å². The van der Waals surface area contributed by atoms with Crippen molar-refractivity contribution in [3.8, 4) is 0 Å². The largest absolute Gasteiger partial charge is 0.480 e. The fourth-order valence-electron chi connectivity index (χ4n) is 2.06. The highest BCUT2D eigenvalue weighted by atomic mass is 32.2. The molecule has 20 heavy (non-hydrogen) atoms. The average Bonchev–Trinajstić information content (AvgIpc) is 2.48. The molecule has 0 radical (unpaired) electrons. The van der Waals surface area contributed by atoms with Crippen LogP contribution in [0.15, 0.2) is 30.3 Å². The van der Waals surface area contributed by atoms with E-state index >= 15 is 0 Å². The van der Waals surface area contributed by atoms with Crippen LogP contribution in [0.4, 0.5) is 0 Å². The third kappa shape index (κ3) is 4.25. The van der Waals surface area contributed by atoms with Crippen LogP contribution in [0.1, 0.15) is 10.4 Å². The molecule has 0 bridgehead atoms. The summed E-state index contributed by atoms with van der Waals surface area (Å²) in [7, 11) is 0. The van der Waals surface area contributed by atoms with E-state index in [2.05, 4.69) is 10.2 Å². The van der Waals surface area contributed by atoms with E-state index in [4.69, 9.17) is 0 Å². The van der Waals surface area contributed by atoms with Crippen LogP contribution in [0.5, 0.6) is 0 Å². The predicted molar refractivity (Wildman–Crippen MR) is 79.1 cm³/mol. The second-order valence-corrected chi connectivity index (χ2v) is 5.87. The monoisotopic (exact) mass is 294 g/mol. The maximum atomic E-state index is 12.0. The summed E-state index contributed by atoms with van der Waals surface area (Å²) in [5.74, 6) is 0.690. The van der Waals surface area contributed by atoms with Crippen LogP contribution < -0.4 is 5.32 Å². The van der Waals surface area contributed by atoms with Crippen LogP contribution in [0.3, 0.4) is 0 Å². The van der Waals surface area contributed by atoms with E-state index in [1.54, 1.807) is 24.3 Å². The van der Waals surface area contributed by atoms with Gasteiger partial charge in [0.15, 0.2) is 0 Å². The first-order chi connectivity index (χ1) is 9.66. The summed E-state index contributed by atoms with van der Waals surface area (Å²) in [6, 6.07) is 7.80. The molecular weight excluding hydrogens is 276 g/mol. The molecule has 1 aromatic rings. The Kier molecular flexibility index (Phi) is 5.43. The van der Waals surface area contributed by atoms with Gasteiger partial charge in [0.1, 0.15) is 6.04 Å². The Hall–Kier alpha value is -1.53. The van der Waals surface area contributed by atoms with Gasteiger partial charge in [0.2, 0.25) is 0 Å². The summed E-state index contributed by atoms with van der Waals surface area (Å²) in [5, 5.41) is 11.8. The molecule has 1 fully saturated rings. The standard InChI is InChI=1S/C14H18N2O3S/c17-13(11-4-2-1-3-5-11)15-12(14(18)19)10-16-6-8-20-9-7-16/h1-5,12H,6-10H2,(H,15,17)(H,18,19)/t12-/m1/s1. The number of carbonyl (C=O) groups excluding carboxylic acids is 1. The van der Waals surface area contributed by atoms with E-state index < -0.39 is 12.0 Å². The van der Waals surface area contributed by atoms with Crippen LogP contribution >= 0.6 is 11.8 Å². The molecule has 2 N–H and O–H groups in total. The van der Waals surface area contributed by atoms with Crippen molar-refractivity contribution in [2.45, 2.75) is 6.04 Å². The van der Waals surface area contributed by atoms with Gasteiger partial charge in [0, 0.05) is 36.7 Å². The number of nitrogens with one attached hydrogen (secondary N) is 1. The summed E-state index contributed by atoms with van der Waals surface area (Å²) in [6.45, 7) is 2.10. The minimum Gasteiger partial charge on any atom is -0.480 e. The van der Waals surface area contributed by atoms with Gasteiger partial charge in [0.05, 0.1) is 0 Å². The molecule has 0 saturated carbocycles. The third-order valence-electron chi connectivity index (χ3n) is 3.18. The fourth-order valence-corrected chi connectivity index (χ4v) is 3.04. The molecule has 1 aliphatic rings. The molecule has 5 nitrogen and oxygen atoms in total. The maximum Gasteiger partial charge on any atom is 0.327 e. The molecule has 0 unspecified atom stereocenters. The van der Waals surface area contributed by atoms with E-state index in [0.717, 1.165) is 24.6 Å². The Morgan fingerprint density at radius 3 is 2.50 bits per heavy atom. The van der Waals surface area contributed by atoms with E-state index in [-0.39, 0.29) is 5.91 Å². The van der Waals surface area contributed by atoms with Crippen molar-refractivity contribution < 1.29 is 14.7 Å². The van der Waals surface area contributed by atoms with Crippen molar-refractivity contribution in [1.82, 2.24) is 10.2 Å². The van der Waals surface area contributed by atoms with Gasteiger partial charge in [-0.2, -0.15) is 11.8 Å². The summed E-state index contributed by atoms with van der Waals surface area (Å²) >= 11 is 1.87. The first-order valence-electron chi connectivity index (χ1n) is 6.55. The van der Waals surface area contributed by atoms with Gasteiger partial charge < -0.3 is 10.4 Å². The number of nitrogens with zero attached hydrogens (tertiary/aromatic N) is 1. The average molecular weight is 294 g/mol. The number of carbonyl (C=O) groups is 2. The van der Waals surface area contributed by atoms with Crippen molar-refractivity contribution in [3.63, 3.8) is 0 Å². The van der Waals surface area contributed by atoms with Gasteiger partial charge in [-0.25, -0.2) is 4.79 Å². The first kappa shape index (κ1) is 14.9. The minimum absolute atomic E-state index is 0.343. The number of hydrogen-bond acceptors (Lipinski definition) is 4. The van der Waals surface area contributed by atoms with Gasteiger partial charge >= 0.3 is 5.97 Å². The van der Waals surface area contributed by atoms with Gasteiger partial charge in [-0.05, 0) is 12.1 Å². The van der Waals surface area contributed by atoms with Crippen molar-refractivity contribution in [2.24, 2.45) is 0 Å². The molecule has 1 aliphatic heterocycles. The van der Waals surface area contributed by atoms with Crippen molar-refractivity contribution >= 4 is 23.6 Å². The number of carboxylic acids is 1.